The smallest absolute Gasteiger partial charge is 0.00203 e. The van der Waals surface area contributed by atoms with E-state index in [1.807, 2.05) is 48.5 Å². The summed E-state index contributed by atoms with van der Waals surface area (Å²) in [4.78, 5) is 0. The lowest BCUT2D eigenvalue weighted by Gasteiger charge is -2.18. The van der Waals surface area contributed by atoms with Crippen LogP contribution in [0.3, 0.4) is 0 Å². The molecule has 0 saturated carbocycles. The van der Waals surface area contributed by atoms with Crippen molar-refractivity contribution in [2.45, 2.75) is 109 Å². The van der Waals surface area contributed by atoms with E-state index >= 15 is 0 Å². The third kappa shape index (κ3) is 14.1. The minimum Gasteiger partial charge on any atom is -0.0871 e. The van der Waals surface area contributed by atoms with Gasteiger partial charge < -0.3 is 0 Å². The fourth-order valence-corrected chi connectivity index (χ4v) is 9.48. The zero-order valence-corrected chi connectivity index (χ0v) is 47.0. The zero-order chi connectivity index (χ0) is 53.4. The first kappa shape index (κ1) is 57.4. The molecule has 378 valence electrons. The average molecular weight is 971 g/mol. The van der Waals surface area contributed by atoms with Crippen molar-refractivity contribution >= 4 is 44.0 Å². The van der Waals surface area contributed by atoms with Crippen LogP contribution >= 0.6 is 0 Å². The summed E-state index contributed by atoms with van der Waals surface area (Å²) in [7, 11) is 0. The van der Waals surface area contributed by atoms with Gasteiger partial charge in [0.1, 0.15) is 0 Å². The Bertz CT molecular complexity index is 3360. The van der Waals surface area contributed by atoms with E-state index in [1.165, 1.54) is 135 Å². The van der Waals surface area contributed by atoms with Gasteiger partial charge in [0.25, 0.3) is 0 Å². The molecule has 0 aromatic heterocycles. The molecule has 11 rings (SSSR count). The maximum Gasteiger partial charge on any atom is -0.00203 e. The van der Waals surface area contributed by atoms with Crippen molar-refractivity contribution in [3.05, 3.63) is 252 Å². The van der Waals surface area contributed by atoms with Gasteiger partial charge in [-0.15, -0.1) is 0 Å². The number of hydrogen-bond acceptors (Lipinski definition) is 0. The van der Waals surface area contributed by atoms with Gasteiger partial charge in [0.05, 0.1) is 0 Å². The SMILES string of the molecule is C/C=C\c1ccccc1C.CC.CC.CC.CC1=C(c2ccccc2C)CCC=C1.CCC.Cc1ccc(-c2ccc3ccc4c(-c5ccccc5-c5cccc(-c6ccccc6)c5)ccc5ccc2c3c54)cc1. The molecular formula is C74H82. The molecule has 0 saturated heterocycles. The second-order valence-corrected chi connectivity index (χ2v) is 18.0. The van der Waals surface area contributed by atoms with Gasteiger partial charge in [0.15, 0.2) is 0 Å². The van der Waals surface area contributed by atoms with E-state index in [4.69, 9.17) is 0 Å². The standard InChI is InChI=1S/C41H28.C14H16.C10H12.C3H8.3C2H6/c1-27-14-16-29(17-15-27)35-22-18-30-21-25-39-37(23-19-31-20-24-38(35)40(30)41(31)39)36-13-6-5-12-34(36)33-11-7-10-32(26-33)28-8-3-2-4-9-28;1-11-7-3-5-9-13(11)14-10-6-4-8-12(14)2;1-3-6-10-8-5-4-7-9(10)2;1-3-2;3*1-2/h2-26H,1H3;3-5,7-9H,6,10H2,1-2H3;3-8H,1-2H3;3H2,1-2H3;3*1-2H3/b;;6-3-;;;;. The summed E-state index contributed by atoms with van der Waals surface area (Å²) in [5, 5.41) is 7.88. The van der Waals surface area contributed by atoms with Crippen LogP contribution in [0.25, 0.3) is 88.5 Å². The van der Waals surface area contributed by atoms with Gasteiger partial charge in [-0.25, -0.2) is 0 Å². The third-order valence-corrected chi connectivity index (χ3v) is 12.9. The lowest BCUT2D eigenvalue weighted by molar-refractivity contribution is 1.03. The highest BCUT2D eigenvalue weighted by molar-refractivity contribution is 6.27. The predicted molar refractivity (Wildman–Crippen MR) is 335 cm³/mol. The first-order valence-electron chi connectivity index (χ1n) is 27.4. The number of rotatable bonds is 6. The molecule has 0 radical (unpaired) electrons. The molecule has 0 N–H and O–H groups in total. The third-order valence-electron chi connectivity index (χ3n) is 12.9. The second-order valence-electron chi connectivity index (χ2n) is 18.0. The molecule has 1 aliphatic carbocycles. The molecule has 0 heteroatoms. The molecule has 0 fully saturated rings. The second kappa shape index (κ2) is 29.8. The van der Waals surface area contributed by atoms with Crippen LogP contribution in [0.2, 0.25) is 0 Å². The van der Waals surface area contributed by atoms with Gasteiger partial charge in [0, 0.05) is 0 Å². The first-order chi connectivity index (χ1) is 36.3. The van der Waals surface area contributed by atoms with Crippen LogP contribution in [-0.2, 0) is 0 Å². The van der Waals surface area contributed by atoms with Crippen LogP contribution in [0.4, 0.5) is 0 Å². The Labute approximate surface area is 447 Å². The normalized spacial score (nSPS) is 11.4. The van der Waals surface area contributed by atoms with Crippen LogP contribution in [0.15, 0.2) is 224 Å². The molecule has 10 aromatic rings. The molecule has 74 heavy (non-hydrogen) atoms. The predicted octanol–water partition coefficient (Wildman–Crippen LogP) is 23.2. The van der Waals surface area contributed by atoms with Gasteiger partial charge in [0.2, 0.25) is 0 Å². The lowest BCUT2D eigenvalue weighted by atomic mass is 9.85. The van der Waals surface area contributed by atoms with E-state index in [9.17, 15) is 0 Å². The fourth-order valence-electron chi connectivity index (χ4n) is 9.48. The Kier molecular flexibility index (Phi) is 23.1. The van der Waals surface area contributed by atoms with E-state index in [-0.39, 0.29) is 0 Å². The lowest BCUT2D eigenvalue weighted by Crippen LogP contribution is -1.94. The fraction of sp³-hybridized carbons (Fsp3) is 0.216. The van der Waals surface area contributed by atoms with Gasteiger partial charge >= 0.3 is 0 Å². The highest BCUT2D eigenvalue weighted by Crippen LogP contribution is 2.44. The summed E-state index contributed by atoms with van der Waals surface area (Å²) in [6, 6.07) is 72.7. The molecule has 0 heterocycles. The van der Waals surface area contributed by atoms with Crippen molar-refractivity contribution in [2.75, 3.05) is 0 Å². The van der Waals surface area contributed by atoms with Crippen molar-refractivity contribution < 1.29 is 0 Å². The molecule has 0 aliphatic heterocycles. The van der Waals surface area contributed by atoms with Crippen molar-refractivity contribution in [3.8, 4) is 44.5 Å². The van der Waals surface area contributed by atoms with Crippen LogP contribution in [0.1, 0.15) is 116 Å². The molecule has 0 amide bonds. The largest absolute Gasteiger partial charge is 0.0871 e. The Morgan fingerprint density at radius 3 is 1.50 bits per heavy atom. The van der Waals surface area contributed by atoms with E-state index in [0.717, 1.165) is 0 Å². The molecule has 0 spiro atoms. The Morgan fingerprint density at radius 1 is 0.405 bits per heavy atom. The van der Waals surface area contributed by atoms with Gasteiger partial charge in [-0.05, 0) is 164 Å². The molecule has 1 aliphatic rings. The monoisotopic (exact) mass is 971 g/mol. The van der Waals surface area contributed by atoms with E-state index < -0.39 is 0 Å². The number of allylic oxidation sites excluding steroid dienone is 5. The number of hydrogen-bond donors (Lipinski definition) is 0. The zero-order valence-electron chi connectivity index (χ0n) is 47.0. The minimum absolute atomic E-state index is 1.18. The molecule has 0 nitrogen and oxygen atoms in total. The quantitative estimate of drug-likeness (QED) is 0.146. The van der Waals surface area contributed by atoms with E-state index in [2.05, 4.69) is 266 Å². The van der Waals surface area contributed by atoms with Crippen LogP contribution in [0, 0.1) is 20.8 Å². The molecule has 10 aromatic carbocycles. The summed E-state index contributed by atoms with van der Waals surface area (Å²) in [6.07, 6.45) is 12.3. The average Bonchev–Trinajstić information content (AvgIpc) is 3.46. The molecular weight excluding hydrogens is 889 g/mol. The summed E-state index contributed by atoms with van der Waals surface area (Å²) < 4.78 is 0. The van der Waals surface area contributed by atoms with Crippen molar-refractivity contribution in [3.63, 3.8) is 0 Å². The Balaban J connectivity index is 0.000000251. The summed E-state index contributed by atoms with van der Waals surface area (Å²) in [6.45, 7) is 26.9. The van der Waals surface area contributed by atoms with Crippen LogP contribution in [0.5, 0.6) is 0 Å². The number of benzene rings is 10. The topological polar surface area (TPSA) is 0 Å². The number of aryl methyl sites for hydroxylation is 3. The summed E-state index contributed by atoms with van der Waals surface area (Å²) in [5.74, 6) is 0. The van der Waals surface area contributed by atoms with Crippen LogP contribution < -0.4 is 0 Å². The highest BCUT2D eigenvalue weighted by atomic mass is 14.2. The molecule has 0 unspecified atom stereocenters. The van der Waals surface area contributed by atoms with Crippen molar-refractivity contribution in [1.29, 1.82) is 0 Å². The molecule has 0 bridgehead atoms. The van der Waals surface area contributed by atoms with Crippen molar-refractivity contribution in [1.82, 2.24) is 0 Å². The highest BCUT2D eigenvalue weighted by Gasteiger charge is 2.17. The maximum absolute atomic E-state index is 2.32. The van der Waals surface area contributed by atoms with E-state index in [1.54, 1.807) is 0 Å². The van der Waals surface area contributed by atoms with Gasteiger partial charge in [-0.1, -0.05) is 286 Å². The van der Waals surface area contributed by atoms with Gasteiger partial charge in [-0.3, -0.25) is 0 Å². The Hall–Kier alpha value is -7.54. The van der Waals surface area contributed by atoms with Crippen LogP contribution in [-0.4, -0.2) is 0 Å². The summed E-state index contributed by atoms with van der Waals surface area (Å²) >= 11 is 0. The Morgan fingerprint density at radius 2 is 0.905 bits per heavy atom. The van der Waals surface area contributed by atoms with E-state index in [0.29, 0.717) is 0 Å². The molecule has 0 atom stereocenters. The van der Waals surface area contributed by atoms with Crippen molar-refractivity contribution in [2.24, 2.45) is 0 Å². The maximum atomic E-state index is 2.32. The van der Waals surface area contributed by atoms with Gasteiger partial charge in [-0.2, -0.15) is 0 Å². The first-order valence-corrected chi connectivity index (χ1v) is 27.4. The summed E-state index contributed by atoms with van der Waals surface area (Å²) in [5.41, 5.74) is 19.7. The minimum atomic E-state index is 1.18.